The monoisotopic (exact) mass is 243 g/mol. The third-order valence-electron chi connectivity index (χ3n) is 1.99. The van der Waals surface area contributed by atoms with Gasteiger partial charge < -0.3 is 9.26 Å². The van der Waals surface area contributed by atoms with E-state index in [1.54, 1.807) is 18.2 Å². The van der Waals surface area contributed by atoms with E-state index in [4.69, 9.17) is 0 Å². The Balaban J connectivity index is 2.04. The fraction of sp³-hybridized carbons (Fsp3) is 0.182. The minimum atomic E-state index is -4.33. The molecule has 0 radical (unpaired) electrons. The fourth-order valence-electron chi connectivity index (χ4n) is 1.25. The third kappa shape index (κ3) is 3.24. The molecule has 0 aliphatic heterocycles. The molecule has 0 aliphatic rings. The van der Waals surface area contributed by atoms with Crippen molar-refractivity contribution in [2.24, 2.45) is 0 Å². The molecule has 0 atom stereocenters. The van der Waals surface area contributed by atoms with Gasteiger partial charge in [-0.2, -0.15) is 13.2 Å². The van der Waals surface area contributed by atoms with E-state index < -0.39 is 12.8 Å². The van der Waals surface area contributed by atoms with Gasteiger partial charge in [0.05, 0.1) is 0 Å². The Kier molecular flexibility index (Phi) is 3.03. The van der Waals surface area contributed by atoms with Crippen LogP contribution in [0.25, 0.3) is 11.3 Å². The molecule has 1 aromatic heterocycles. The smallest absolute Gasteiger partial charge is 0.422 e. The van der Waals surface area contributed by atoms with Crippen molar-refractivity contribution in [2.75, 3.05) is 6.61 Å². The normalized spacial score (nSPS) is 11.5. The van der Waals surface area contributed by atoms with Crippen LogP contribution in [0, 0.1) is 0 Å². The van der Waals surface area contributed by atoms with Crippen molar-refractivity contribution in [2.45, 2.75) is 6.18 Å². The van der Waals surface area contributed by atoms with Crippen molar-refractivity contribution in [3.05, 3.63) is 36.6 Å². The Labute approximate surface area is 94.8 Å². The molecule has 0 fully saturated rings. The maximum absolute atomic E-state index is 11.9. The Morgan fingerprint density at radius 2 is 1.82 bits per heavy atom. The number of nitrogens with zero attached hydrogens (tertiary/aromatic N) is 1. The molecule has 17 heavy (non-hydrogen) atoms. The van der Waals surface area contributed by atoms with Gasteiger partial charge in [-0.15, -0.1) is 0 Å². The number of rotatable bonds is 3. The van der Waals surface area contributed by atoms with E-state index in [2.05, 4.69) is 14.4 Å². The van der Waals surface area contributed by atoms with Crippen molar-refractivity contribution < 1.29 is 22.4 Å². The lowest BCUT2D eigenvalue weighted by Crippen LogP contribution is -2.19. The number of halogens is 3. The molecule has 2 rings (SSSR count). The summed E-state index contributed by atoms with van der Waals surface area (Å²) in [5.41, 5.74) is 1.37. The van der Waals surface area contributed by atoms with Crippen LogP contribution in [0.5, 0.6) is 5.75 Å². The molecule has 0 unspecified atom stereocenters. The third-order valence-corrected chi connectivity index (χ3v) is 1.99. The topological polar surface area (TPSA) is 35.3 Å². The first-order chi connectivity index (χ1) is 8.04. The Hall–Kier alpha value is -1.98. The lowest BCUT2D eigenvalue weighted by Gasteiger charge is -2.08. The van der Waals surface area contributed by atoms with Crippen molar-refractivity contribution >= 4 is 0 Å². The maximum atomic E-state index is 11.9. The summed E-state index contributed by atoms with van der Waals surface area (Å²) in [4.78, 5) is 0. The van der Waals surface area contributed by atoms with E-state index in [1.807, 2.05) is 0 Å². The minimum Gasteiger partial charge on any atom is -0.484 e. The van der Waals surface area contributed by atoms with E-state index in [0.717, 1.165) is 5.56 Å². The maximum Gasteiger partial charge on any atom is 0.422 e. The summed E-state index contributed by atoms with van der Waals surface area (Å²) in [5, 5.41) is 3.71. The van der Waals surface area contributed by atoms with Gasteiger partial charge in [-0.25, -0.2) is 0 Å². The molecule has 0 saturated carbocycles. The molecule has 0 spiro atoms. The first-order valence-corrected chi connectivity index (χ1v) is 4.75. The van der Waals surface area contributed by atoms with E-state index in [9.17, 15) is 13.2 Å². The van der Waals surface area contributed by atoms with E-state index in [-0.39, 0.29) is 5.75 Å². The van der Waals surface area contributed by atoms with Crippen LogP contribution in [0.4, 0.5) is 13.2 Å². The highest BCUT2D eigenvalue weighted by Gasteiger charge is 2.28. The van der Waals surface area contributed by atoms with Gasteiger partial charge in [0, 0.05) is 11.6 Å². The van der Waals surface area contributed by atoms with Crippen LogP contribution in [0.2, 0.25) is 0 Å². The average molecular weight is 243 g/mol. The van der Waals surface area contributed by atoms with Gasteiger partial charge in [0.25, 0.3) is 0 Å². The minimum absolute atomic E-state index is 0.162. The SMILES string of the molecule is FC(F)(F)COc1ccc(-c2ccon2)cc1. The predicted molar refractivity (Wildman–Crippen MR) is 53.5 cm³/mol. The second kappa shape index (κ2) is 4.48. The van der Waals surface area contributed by atoms with Crippen LogP contribution < -0.4 is 4.74 Å². The predicted octanol–water partition coefficient (Wildman–Crippen LogP) is 3.28. The molecule has 6 heteroatoms. The van der Waals surface area contributed by atoms with Gasteiger partial charge in [0.15, 0.2) is 6.61 Å². The summed E-state index contributed by atoms with van der Waals surface area (Å²) < 4.78 is 44.9. The molecule has 0 saturated heterocycles. The van der Waals surface area contributed by atoms with Crippen molar-refractivity contribution in [3.63, 3.8) is 0 Å². The summed E-state index contributed by atoms with van der Waals surface area (Å²) in [6, 6.07) is 7.80. The molecule has 90 valence electrons. The van der Waals surface area contributed by atoms with Crippen LogP contribution in [0.1, 0.15) is 0 Å². The first kappa shape index (κ1) is 11.5. The van der Waals surface area contributed by atoms with Crippen LogP contribution in [-0.2, 0) is 0 Å². The zero-order valence-corrected chi connectivity index (χ0v) is 8.57. The van der Waals surface area contributed by atoms with Crippen molar-refractivity contribution in [1.82, 2.24) is 5.16 Å². The summed E-state index contributed by atoms with van der Waals surface area (Å²) in [5.74, 6) is 0.162. The second-order valence-corrected chi connectivity index (χ2v) is 3.31. The van der Waals surface area contributed by atoms with Gasteiger partial charge in [0.2, 0.25) is 0 Å². The highest BCUT2D eigenvalue weighted by atomic mass is 19.4. The molecule has 0 amide bonds. The molecule has 1 heterocycles. The first-order valence-electron chi connectivity index (χ1n) is 4.75. The molecule has 3 nitrogen and oxygen atoms in total. The lowest BCUT2D eigenvalue weighted by atomic mass is 10.1. The largest absolute Gasteiger partial charge is 0.484 e. The van der Waals surface area contributed by atoms with E-state index in [0.29, 0.717) is 5.69 Å². The molecular formula is C11H8F3NO2. The van der Waals surface area contributed by atoms with E-state index >= 15 is 0 Å². The van der Waals surface area contributed by atoms with Crippen LogP contribution >= 0.6 is 0 Å². The molecule has 2 aromatic rings. The van der Waals surface area contributed by atoms with Gasteiger partial charge in [-0.1, -0.05) is 5.16 Å². The highest BCUT2D eigenvalue weighted by molar-refractivity contribution is 5.58. The standard InChI is InChI=1S/C11H8F3NO2/c12-11(13,14)7-16-9-3-1-8(2-4-9)10-5-6-17-15-10/h1-6H,7H2. The highest BCUT2D eigenvalue weighted by Crippen LogP contribution is 2.22. The lowest BCUT2D eigenvalue weighted by molar-refractivity contribution is -0.153. The average Bonchev–Trinajstić information content (AvgIpc) is 2.79. The summed E-state index contributed by atoms with van der Waals surface area (Å²) in [7, 11) is 0. The number of hydrogen-bond acceptors (Lipinski definition) is 3. The molecule has 0 aliphatic carbocycles. The van der Waals surface area contributed by atoms with Crippen molar-refractivity contribution in [1.29, 1.82) is 0 Å². The molecular weight excluding hydrogens is 235 g/mol. The van der Waals surface area contributed by atoms with Gasteiger partial charge >= 0.3 is 6.18 Å². The molecule has 1 aromatic carbocycles. The fourth-order valence-corrected chi connectivity index (χ4v) is 1.25. The summed E-state index contributed by atoms with van der Waals surface area (Å²) >= 11 is 0. The number of aromatic nitrogens is 1. The number of benzene rings is 1. The van der Waals surface area contributed by atoms with Crippen molar-refractivity contribution in [3.8, 4) is 17.0 Å². The number of hydrogen-bond donors (Lipinski definition) is 0. The summed E-state index contributed by atoms with van der Waals surface area (Å²) in [6.45, 7) is -1.30. The van der Waals surface area contributed by atoms with Crippen LogP contribution in [-0.4, -0.2) is 17.9 Å². The Morgan fingerprint density at radius 3 is 2.35 bits per heavy atom. The zero-order chi connectivity index (χ0) is 12.3. The van der Waals surface area contributed by atoms with E-state index in [1.165, 1.54) is 18.4 Å². The second-order valence-electron chi connectivity index (χ2n) is 3.31. The zero-order valence-electron chi connectivity index (χ0n) is 8.57. The van der Waals surface area contributed by atoms with Gasteiger partial charge in [0.1, 0.15) is 17.7 Å². The molecule has 0 N–H and O–H groups in total. The molecule has 0 bridgehead atoms. The Bertz CT molecular complexity index is 462. The number of alkyl halides is 3. The number of ether oxygens (including phenoxy) is 1. The summed E-state index contributed by atoms with van der Waals surface area (Å²) in [6.07, 6.45) is -2.91. The van der Waals surface area contributed by atoms with Crippen LogP contribution in [0.15, 0.2) is 41.1 Å². The quantitative estimate of drug-likeness (QED) is 0.829. The Morgan fingerprint density at radius 1 is 1.12 bits per heavy atom. The van der Waals surface area contributed by atoms with Crippen LogP contribution in [0.3, 0.4) is 0 Å². The van der Waals surface area contributed by atoms with Gasteiger partial charge in [-0.3, -0.25) is 0 Å². The van der Waals surface area contributed by atoms with Gasteiger partial charge in [-0.05, 0) is 24.3 Å².